The summed E-state index contributed by atoms with van der Waals surface area (Å²) < 4.78 is 4.98. The fourth-order valence-electron chi connectivity index (χ4n) is 1.77. The molecule has 0 bridgehead atoms. The lowest BCUT2D eigenvalue weighted by atomic mass is 10.2. The minimum absolute atomic E-state index is 0.0553. The molecule has 0 fully saturated rings. The van der Waals surface area contributed by atoms with Crippen LogP contribution in [0, 0.1) is 6.92 Å². The quantitative estimate of drug-likeness (QED) is 0.838. The fraction of sp³-hybridized carbons (Fsp3) is 0.333. The number of hydrogen-bond donors (Lipinski definition) is 2. The lowest BCUT2D eigenvalue weighted by molar-refractivity contribution is -0.116. The van der Waals surface area contributed by atoms with E-state index in [1.807, 2.05) is 37.3 Å². The van der Waals surface area contributed by atoms with Gasteiger partial charge in [-0.1, -0.05) is 18.5 Å². The van der Waals surface area contributed by atoms with Crippen LogP contribution in [0.2, 0.25) is 0 Å². The SMILES string of the molecule is CCCCC(=O)Nc1ccc(Nc2cc(C)on2)cc1. The van der Waals surface area contributed by atoms with Crippen LogP contribution < -0.4 is 10.6 Å². The summed E-state index contributed by atoms with van der Waals surface area (Å²) in [6.07, 6.45) is 2.50. The predicted molar refractivity (Wildman–Crippen MR) is 79.1 cm³/mol. The van der Waals surface area contributed by atoms with Gasteiger partial charge in [-0.15, -0.1) is 0 Å². The van der Waals surface area contributed by atoms with Crippen molar-refractivity contribution in [1.29, 1.82) is 0 Å². The van der Waals surface area contributed by atoms with Crippen LogP contribution >= 0.6 is 0 Å². The van der Waals surface area contributed by atoms with Crippen molar-refractivity contribution < 1.29 is 9.32 Å². The standard InChI is InChI=1S/C15H19N3O2/c1-3-4-5-15(19)17-13-8-6-12(7-9-13)16-14-10-11(2)20-18-14/h6-10H,3-5H2,1-2H3,(H,16,18)(H,17,19). The molecule has 0 atom stereocenters. The predicted octanol–water partition coefficient (Wildman–Crippen LogP) is 3.86. The van der Waals surface area contributed by atoms with Crippen LogP contribution in [0.15, 0.2) is 34.9 Å². The zero-order chi connectivity index (χ0) is 14.4. The summed E-state index contributed by atoms with van der Waals surface area (Å²) in [4.78, 5) is 11.6. The van der Waals surface area contributed by atoms with E-state index in [0.717, 1.165) is 30.0 Å². The summed E-state index contributed by atoms with van der Waals surface area (Å²) in [5.41, 5.74) is 1.69. The zero-order valence-electron chi connectivity index (χ0n) is 11.8. The summed E-state index contributed by atoms with van der Waals surface area (Å²) in [5.74, 6) is 1.48. The highest BCUT2D eigenvalue weighted by Gasteiger charge is 2.03. The maximum Gasteiger partial charge on any atom is 0.224 e. The van der Waals surface area contributed by atoms with Gasteiger partial charge >= 0.3 is 0 Å². The third-order valence-corrected chi connectivity index (χ3v) is 2.83. The van der Waals surface area contributed by atoms with Crippen LogP contribution in [0.4, 0.5) is 17.2 Å². The number of carbonyl (C=O) groups is 1. The first kappa shape index (κ1) is 14.1. The monoisotopic (exact) mass is 273 g/mol. The molecule has 1 heterocycles. The van der Waals surface area contributed by atoms with Gasteiger partial charge in [0.2, 0.25) is 5.91 Å². The number of unbranched alkanes of at least 4 members (excludes halogenated alkanes) is 1. The van der Waals surface area contributed by atoms with Gasteiger partial charge in [-0.05, 0) is 37.6 Å². The summed E-state index contributed by atoms with van der Waals surface area (Å²) in [6.45, 7) is 3.91. The zero-order valence-corrected chi connectivity index (χ0v) is 11.8. The van der Waals surface area contributed by atoms with Crippen molar-refractivity contribution in [2.45, 2.75) is 33.1 Å². The van der Waals surface area contributed by atoms with Crippen molar-refractivity contribution in [3.8, 4) is 0 Å². The second-order valence-electron chi connectivity index (χ2n) is 4.68. The van der Waals surface area contributed by atoms with E-state index in [9.17, 15) is 4.79 Å². The van der Waals surface area contributed by atoms with Gasteiger partial charge in [0, 0.05) is 23.9 Å². The van der Waals surface area contributed by atoms with Gasteiger partial charge in [-0.25, -0.2) is 0 Å². The van der Waals surface area contributed by atoms with E-state index < -0.39 is 0 Å². The van der Waals surface area contributed by atoms with E-state index in [2.05, 4.69) is 22.7 Å². The molecule has 2 aromatic rings. The summed E-state index contributed by atoms with van der Waals surface area (Å²) >= 11 is 0. The van der Waals surface area contributed by atoms with E-state index in [4.69, 9.17) is 4.52 Å². The number of nitrogens with zero attached hydrogens (tertiary/aromatic N) is 1. The Morgan fingerprint density at radius 1 is 1.25 bits per heavy atom. The molecule has 0 radical (unpaired) electrons. The van der Waals surface area contributed by atoms with Crippen molar-refractivity contribution in [2.75, 3.05) is 10.6 Å². The number of aryl methyl sites for hydroxylation is 1. The smallest absolute Gasteiger partial charge is 0.224 e. The first-order valence-electron chi connectivity index (χ1n) is 6.77. The van der Waals surface area contributed by atoms with Crippen LogP contribution in [0.5, 0.6) is 0 Å². The Morgan fingerprint density at radius 3 is 2.55 bits per heavy atom. The maximum absolute atomic E-state index is 11.6. The first-order chi connectivity index (χ1) is 9.67. The normalized spacial score (nSPS) is 10.3. The third kappa shape index (κ3) is 4.12. The summed E-state index contributed by atoms with van der Waals surface area (Å²) in [6, 6.07) is 9.32. The number of hydrogen-bond acceptors (Lipinski definition) is 4. The second kappa shape index (κ2) is 6.75. The molecule has 5 nitrogen and oxygen atoms in total. The molecular formula is C15H19N3O2. The van der Waals surface area contributed by atoms with Gasteiger partial charge < -0.3 is 15.2 Å². The van der Waals surface area contributed by atoms with Gasteiger partial charge in [0.1, 0.15) is 5.76 Å². The maximum atomic E-state index is 11.6. The van der Waals surface area contributed by atoms with Gasteiger partial charge in [-0.2, -0.15) is 0 Å². The molecule has 106 valence electrons. The number of amides is 1. The largest absolute Gasteiger partial charge is 0.360 e. The number of aromatic nitrogens is 1. The molecule has 5 heteroatoms. The molecule has 0 saturated carbocycles. The van der Waals surface area contributed by atoms with Crippen molar-refractivity contribution in [2.24, 2.45) is 0 Å². The van der Waals surface area contributed by atoms with E-state index in [1.165, 1.54) is 0 Å². The Hall–Kier alpha value is -2.30. The molecule has 2 N–H and O–H groups in total. The van der Waals surface area contributed by atoms with Gasteiger partial charge in [-0.3, -0.25) is 4.79 Å². The Labute approximate surface area is 118 Å². The van der Waals surface area contributed by atoms with Crippen molar-refractivity contribution in [3.05, 3.63) is 36.1 Å². The molecule has 20 heavy (non-hydrogen) atoms. The van der Waals surface area contributed by atoms with E-state index in [-0.39, 0.29) is 5.91 Å². The minimum atomic E-state index is 0.0553. The first-order valence-corrected chi connectivity index (χ1v) is 6.77. The molecule has 0 unspecified atom stereocenters. The molecule has 1 amide bonds. The molecular weight excluding hydrogens is 254 g/mol. The Bertz CT molecular complexity index is 561. The average molecular weight is 273 g/mol. The van der Waals surface area contributed by atoms with Crippen LogP contribution in [0.1, 0.15) is 31.9 Å². The van der Waals surface area contributed by atoms with Crippen LogP contribution in [-0.4, -0.2) is 11.1 Å². The number of rotatable bonds is 6. The summed E-state index contributed by atoms with van der Waals surface area (Å²) in [7, 11) is 0. The highest BCUT2D eigenvalue weighted by atomic mass is 16.5. The summed E-state index contributed by atoms with van der Waals surface area (Å²) in [5, 5.41) is 9.85. The number of carbonyl (C=O) groups excluding carboxylic acids is 1. The minimum Gasteiger partial charge on any atom is -0.360 e. The molecule has 2 rings (SSSR count). The molecule has 1 aromatic heterocycles. The van der Waals surface area contributed by atoms with E-state index in [0.29, 0.717) is 12.2 Å². The average Bonchev–Trinajstić information content (AvgIpc) is 2.84. The van der Waals surface area contributed by atoms with Crippen molar-refractivity contribution in [3.63, 3.8) is 0 Å². The highest BCUT2D eigenvalue weighted by molar-refractivity contribution is 5.90. The van der Waals surface area contributed by atoms with Crippen LogP contribution in [0.3, 0.4) is 0 Å². The molecule has 1 aromatic carbocycles. The van der Waals surface area contributed by atoms with Crippen LogP contribution in [-0.2, 0) is 4.79 Å². The van der Waals surface area contributed by atoms with Gasteiger partial charge in [0.05, 0.1) is 0 Å². The van der Waals surface area contributed by atoms with E-state index >= 15 is 0 Å². The number of nitrogens with one attached hydrogen (secondary N) is 2. The molecule has 0 aliphatic rings. The number of anilines is 3. The molecule has 0 saturated heterocycles. The highest BCUT2D eigenvalue weighted by Crippen LogP contribution is 2.18. The Kier molecular flexibility index (Phi) is 4.76. The van der Waals surface area contributed by atoms with E-state index in [1.54, 1.807) is 0 Å². The van der Waals surface area contributed by atoms with Gasteiger partial charge in [0.25, 0.3) is 0 Å². The topological polar surface area (TPSA) is 67.2 Å². The molecule has 0 aliphatic heterocycles. The third-order valence-electron chi connectivity index (χ3n) is 2.83. The Morgan fingerprint density at radius 2 is 1.95 bits per heavy atom. The fourth-order valence-corrected chi connectivity index (χ4v) is 1.77. The number of benzene rings is 1. The molecule has 0 spiro atoms. The van der Waals surface area contributed by atoms with Crippen molar-refractivity contribution in [1.82, 2.24) is 5.16 Å². The molecule has 0 aliphatic carbocycles. The van der Waals surface area contributed by atoms with Crippen molar-refractivity contribution >= 4 is 23.1 Å². The second-order valence-corrected chi connectivity index (χ2v) is 4.68. The lowest BCUT2D eigenvalue weighted by Gasteiger charge is -2.06. The van der Waals surface area contributed by atoms with Gasteiger partial charge in [0.15, 0.2) is 5.82 Å². The Balaban J connectivity index is 1.91. The lowest BCUT2D eigenvalue weighted by Crippen LogP contribution is -2.10. The van der Waals surface area contributed by atoms with Crippen LogP contribution in [0.25, 0.3) is 0 Å².